The van der Waals surface area contributed by atoms with E-state index in [0.29, 0.717) is 38.0 Å². The minimum atomic E-state index is -1.06. The zero-order valence-corrected chi connectivity index (χ0v) is 14.3. The predicted octanol–water partition coefficient (Wildman–Crippen LogP) is 2.08. The summed E-state index contributed by atoms with van der Waals surface area (Å²) < 4.78 is 0. The van der Waals surface area contributed by atoms with Gasteiger partial charge < -0.3 is 15.1 Å². The Hall–Kier alpha value is -1.76. The van der Waals surface area contributed by atoms with Crippen LogP contribution in [0.1, 0.15) is 40.3 Å². The quantitative estimate of drug-likeness (QED) is 0.889. The molecule has 1 saturated heterocycles. The molecule has 1 atom stereocenters. The van der Waals surface area contributed by atoms with Gasteiger partial charge in [0.1, 0.15) is 5.69 Å². The molecule has 0 radical (unpaired) electrons. The largest absolute Gasteiger partial charge is 0.393 e. The Labute approximate surface area is 145 Å². The molecule has 2 N–H and O–H groups in total. The van der Waals surface area contributed by atoms with E-state index in [4.69, 9.17) is 0 Å². The van der Waals surface area contributed by atoms with Crippen molar-refractivity contribution in [2.45, 2.75) is 31.3 Å². The van der Waals surface area contributed by atoms with E-state index in [1.165, 1.54) is 16.9 Å². The average molecular weight is 346 g/mol. The minimum absolute atomic E-state index is 0.0900. The molecule has 1 aromatic heterocycles. The number of aliphatic hydroxyl groups excluding tert-OH is 1. The number of amides is 1. The van der Waals surface area contributed by atoms with Crippen molar-refractivity contribution in [1.82, 2.24) is 9.88 Å². The van der Waals surface area contributed by atoms with Gasteiger partial charge >= 0.3 is 0 Å². The molecule has 24 heavy (non-hydrogen) atoms. The van der Waals surface area contributed by atoms with Crippen molar-refractivity contribution in [3.63, 3.8) is 0 Å². The van der Waals surface area contributed by atoms with Gasteiger partial charge in [-0.2, -0.15) is 0 Å². The molecule has 1 aromatic carbocycles. The van der Waals surface area contributed by atoms with Gasteiger partial charge in [0.25, 0.3) is 5.91 Å². The van der Waals surface area contributed by atoms with Gasteiger partial charge in [-0.05, 0) is 24.8 Å². The monoisotopic (exact) mass is 346 g/mol. The summed E-state index contributed by atoms with van der Waals surface area (Å²) in [5.41, 5.74) is 0.587. The predicted molar refractivity (Wildman–Crippen MR) is 93.2 cm³/mol. The van der Waals surface area contributed by atoms with Gasteiger partial charge in [-0.3, -0.25) is 4.79 Å². The highest BCUT2D eigenvalue weighted by Crippen LogP contribution is 2.23. The topological polar surface area (TPSA) is 73.7 Å². The van der Waals surface area contributed by atoms with Crippen LogP contribution in [0.3, 0.4) is 0 Å². The lowest BCUT2D eigenvalue weighted by Crippen LogP contribution is -2.36. The number of hydrogen-bond acceptors (Lipinski definition) is 5. The second-order valence-corrected chi connectivity index (χ2v) is 7.26. The van der Waals surface area contributed by atoms with Crippen LogP contribution in [0.4, 0.5) is 0 Å². The minimum Gasteiger partial charge on any atom is -0.393 e. The van der Waals surface area contributed by atoms with E-state index >= 15 is 0 Å². The van der Waals surface area contributed by atoms with Gasteiger partial charge in [-0.15, -0.1) is 11.3 Å². The van der Waals surface area contributed by atoms with E-state index < -0.39 is 5.60 Å². The number of carbonyl (C=O) groups is 1. The molecule has 1 amide bonds. The summed E-state index contributed by atoms with van der Waals surface area (Å²) >= 11 is 1.50. The van der Waals surface area contributed by atoms with Gasteiger partial charge in [0.15, 0.2) is 0 Å². The molecule has 3 rings (SSSR count). The fraction of sp³-hybridized carbons (Fsp3) is 0.444. The molecule has 1 fully saturated rings. The standard InChI is InChI=1S/C18H22N2O3S/c21-13-18(23)7-4-9-20(10-8-18)17(22)15-12-24-16(19-15)11-14-5-2-1-3-6-14/h1-3,5-6,12,21,23H,4,7-11,13H2/t18-/m0/s1. The molecule has 0 bridgehead atoms. The summed E-state index contributed by atoms with van der Waals surface area (Å²) in [6.45, 7) is 0.779. The van der Waals surface area contributed by atoms with Crippen LogP contribution in [0.25, 0.3) is 0 Å². The summed E-state index contributed by atoms with van der Waals surface area (Å²) in [4.78, 5) is 18.9. The van der Waals surface area contributed by atoms with Crippen molar-refractivity contribution in [2.24, 2.45) is 0 Å². The summed E-state index contributed by atoms with van der Waals surface area (Å²) in [5, 5.41) is 22.2. The molecule has 2 heterocycles. The molecule has 0 spiro atoms. The number of hydrogen-bond donors (Lipinski definition) is 2. The van der Waals surface area contributed by atoms with Crippen molar-refractivity contribution in [3.8, 4) is 0 Å². The Morgan fingerprint density at radius 1 is 1.25 bits per heavy atom. The molecule has 0 saturated carbocycles. The highest BCUT2D eigenvalue weighted by Gasteiger charge is 2.31. The number of aliphatic hydroxyl groups is 2. The van der Waals surface area contributed by atoms with E-state index in [1.807, 2.05) is 35.7 Å². The Kier molecular flexibility index (Phi) is 5.28. The zero-order chi connectivity index (χ0) is 17.0. The third-order valence-corrected chi connectivity index (χ3v) is 5.32. The first-order valence-corrected chi connectivity index (χ1v) is 9.08. The fourth-order valence-electron chi connectivity index (χ4n) is 2.96. The Morgan fingerprint density at radius 2 is 2.04 bits per heavy atom. The van der Waals surface area contributed by atoms with Gasteiger partial charge in [0, 0.05) is 24.9 Å². The summed E-state index contributed by atoms with van der Waals surface area (Å²) in [6, 6.07) is 10.1. The molecule has 1 aliphatic heterocycles. The van der Waals surface area contributed by atoms with Gasteiger partial charge in [0.05, 0.1) is 17.2 Å². The molecule has 6 heteroatoms. The Morgan fingerprint density at radius 3 is 2.79 bits per heavy atom. The lowest BCUT2D eigenvalue weighted by Gasteiger charge is -2.24. The van der Waals surface area contributed by atoms with E-state index in [1.54, 1.807) is 4.90 Å². The van der Waals surface area contributed by atoms with Crippen LogP contribution in [-0.2, 0) is 6.42 Å². The second-order valence-electron chi connectivity index (χ2n) is 6.32. The number of rotatable bonds is 4. The number of aromatic nitrogens is 1. The van der Waals surface area contributed by atoms with Crippen molar-refractivity contribution >= 4 is 17.2 Å². The lowest BCUT2D eigenvalue weighted by molar-refractivity contribution is -0.0250. The highest BCUT2D eigenvalue weighted by atomic mass is 32.1. The number of thiazole rings is 1. The number of carbonyl (C=O) groups excluding carboxylic acids is 1. The van der Waals surface area contributed by atoms with Crippen molar-refractivity contribution < 1.29 is 15.0 Å². The number of likely N-dealkylation sites (tertiary alicyclic amines) is 1. The van der Waals surface area contributed by atoms with Crippen molar-refractivity contribution in [3.05, 3.63) is 52.0 Å². The molecular formula is C18H22N2O3S. The van der Waals surface area contributed by atoms with E-state index in [2.05, 4.69) is 4.98 Å². The molecule has 0 unspecified atom stereocenters. The SMILES string of the molecule is O=C(c1csc(Cc2ccccc2)n1)N1CCC[C@@](O)(CO)CC1. The van der Waals surface area contributed by atoms with E-state index in [0.717, 1.165) is 11.4 Å². The fourth-order valence-corrected chi connectivity index (χ4v) is 3.77. The van der Waals surface area contributed by atoms with Crippen LogP contribution in [0, 0.1) is 0 Å². The van der Waals surface area contributed by atoms with Crippen LogP contribution in [-0.4, -0.2) is 51.3 Å². The molecule has 1 aliphatic rings. The molecular weight excluding hydrogens is 324 g/mol. The third-order valence-electron chi connectivity index (χ3n) is 4.47. The number of benzene rings is 1. The first-order valence-electron chi connectivity index (χ1n) is 8.20. The smallest absolute Gasteiger partial charge is 0.273 e. The summed E-state index contributed by atoms with van der Waals surface area (Å²) in [5.74, 6) is -0.0900. The van der Waals surface area contributed by atoms with E-state index in [9.17, 15) is 15.0 Å². The number of nitrogens with zero attached hydrogens (tertiary/aromatic N) is 2. The summed E-state index contributed by atoms with van der Waals surface area (Å²) in [6.07, 6.45) is 2.33. The highest BCUT2D eigenvalue weighted by molar-refractivity contribution is 7.09. The maximum Gasteiger partial charge on any atom is 0.273 e. The summed E-state index contributed by atoms with van der Waals surface area (Å²) in [7, 11) is 0. The van der Waals surface area contributed by atoms with Crippen LogP contribution in [0.5, 0.6) is 0 Å². The molecule has 5 nitrogen and oxygen atoms in total. The van der Waals surface area contributed by atoms with Crippen LogP contribution >= 0.6 is 11.3 Å². The van der Waals surface area contributed by atoms with Crippen molar-refractivity contribution in [2.75, 3.05) is 19.7 Å². The van der Waals surface area contributed by atoms with Gasteiger partial charge in [-0.25, -0.2) is 4.98 Å². The maximum atomic E-state index is 12.6. The van der Waals surface area contributed by atoms with Crippen LogP contribution in [0.15, 0.2) is 35.7 Å². The van der Waals surface area contributed by atoms with E-state index in [-0.39, 0.29) is 12.5 Å². The Balaban J connectivity index is 1.65. The second kappa shape index (κ2) is 7.42. The first-order chi connectivity index (χ1) is 11.6. The van der Waals surface area contributed by atoms with Crippen LogP contribution < -0.4 is 0 Å². The molecule has 2 aromatic rings. The van der Waals surface area contributed by atoms with Gasteiger partial charge in [-0.1, -0.05) is 30.3 Å². The normalized spacial score (nSPS) is 21.5. The third kappa shape index (κ3) is 4.01. The lowest BCUT2D eigenvalue weighted by atomic mass is 9.96. The average Bonchev–Trinajstić information content (AvgIpc) is 2.97. The first kappa shape index (κ1) is 17.1. The Bertz CT molecular complexity index is 689. The maximum absolute atomic E-state index is 12.6. The molecule has 0 aliphatic carbocycles. The zero-order valence-electron chi connectivity index (χ0n) is 13.5. The molecule has 128 valence electrons. The van der Waals surface area contributed by atoms with Gasteiger partial charge in [0.2, 0.25) is 0 Å². The van der Waals surface area contributed by atoms with Crippen LogP contribution in [0.2, 0.25) is 0 Å². The van der Waals surface area contributed by atoms with Crippen molar-refractivity contribution in [1.29, 1.82) is 0 Å².